The van der Waals surface area contributed by atoms with Crippen molar-refractivity contribution in [2.75, 3.05) is 36.9 Å². The number of carbonyl (C=O) groups excluding carboxylic acids is 1. The maximum Gasteiger partial charge on any atom is 0.410 e. The molecule has 6 aromatic heterocycles. The van der Waals surface area contributed by atoms with Gasteiger partial charge in [0.2, 0.25) is 11.9 Å². The summed E-state index contributed by atoms with van der Waals surface area (Å²) in [5, 5.41) is 49.8. The van der Waals surface area contributed by atoms with E-state index < -0.39 is 17.5 Å². The number of likely N-dealkylation sites (tertiary alicyclic amines) is 1. The van der Waals surface area contributed by atoms with Crippen molar-refractivity contribution in [1.82, 2.24) is 74.4 Å². The lowest BCUT2D eigenvalue weighted by molar-refractivity contribution is -0.138. The molecule has 4 N–H and O–H groups in total. The molecule has 1 aliphatic heterocycles. The normalized spacial score (nSPS) is 14.1. The van der Waals surface area contributed by atoms with Crippen molar-refractivity contribution in [2.45, 2.75) is 136 Å². The van der Waals surface area contributed by atoms with Crippen molar-refractivity contribution in [1.29, 1.82) is 0 Å². The number of unbranched alkanes of at least 4 members (excludes halogenated alkanes) is 2. The van der Waals surface area contributed by atoms with Crippen LogP contribution >= 0.6 is 0 Å². The molecule has 1 saturated carbocycles. The Labute approximate surface area is 468 Å². The smallest absolute Gasteiger partial charge is 0.410 e. The lowest BCUT2D eigenvalue weighted by Gasteiger charge is -2.33. The van der Waals surface area contributed by atoms with Crippen LogP contribution in [-0.4, -0.2) is 135 Å². The molecule has 428 valence electrons. The van der Waals surface area contributed by atoms with E-state index in [4.69, 9.17) is 24.4 Å². The van der Waals surface area contributed by atoms with Gasteiger partial charge in [-0.1, -0.05) is 42.5 Å². The molecule has 2 aliphatic rings. The number of nitrogens with one attached hydrogen (secondary N) is 2. The third-order valence-corrected chi connectivity index (χ3v) is 14.0. The van der Waals surface area contributed by atoms with Gasteiger partial charge in [0.1, 0.15) is 17.1 Å². The monoisotopic (exact) mass is 1110 g/mol. The molecule has 2 aromatic carbocycles. The Morgan fingerprint density at radius 3 is 1.51 bits per heavy atom. The molecule has 81 heavy (non-hydrogen) atoms. The minimum atomic E-state index is -0.798. The van der Waals surface area contributed by atoms with Gasteiger partial charge in [-0.3, -0.25) is 19.0 Å². The van der Waals surface area contributed by atoms with Crippen molar-refractivity contribution in [3.63, 3.8) is 0 Å². The largest absolute Gasteiger partial charge is 0.494 e. The van der Waals surface area contributed by atoms with Crippen molar-refractivity contribution >= 4 is 63.6 Å². The van der Waals surface area contributed by atoms with Crippen LogP contribution in [-0.2, 0) is 27.4 Å². The van der Waals surface area contributed by atoms with Gasteiger partial charge in [0.05, 0.1) is 60.8 Å². The van der Waals surface area contributed by atoms with Crippen LogP contribution in [0.4, 0.5) is 28.1 Å². The third kappa shape index (κ3) is 16.9. The Bertz CT molecular complexity index is 3300. The van der Waals surface area contributed by atoms with E-state index in [0.717, 1.165) is 61.0 Å². The highest BCUT2D eigenvalue weighted by molar-refractivity contribution is 5.74. The molecule has 25 nitrogen and oxygen atoms in total. The number of aliphatic carboxylic acids is 2. The molecule has 1 saturated heterocycles. The Kier molecular flexibility index (Phi) is 19.3. The standard InChI is InChI=1S/C30H39N9O5.C26H32N8O3/c1-30(2,3)44-29(42)37-14-11-21(12-15-37)13-16-38-20-22(18-32-38)33-28-31-19-25-27(34-28)39(36-35-25)23-7-9-24(10-8-23)43-17-5-4-6-26(40)41;35-24(36)8-4-5-15-37-22-11-9-21(10-12-22)34-25-23(31-32-34)17-27-26(30-25)29-20-16-28-33(18-20)14-13-19-6-2-1-3-7-19/h7-10,18-21H,4-6,11-17H2,1-3H3,(H,40,41)(H,31,33,34);9-12,16-19H,1-8,13-15H2,(H,35,36)(H,27,29,30). The van der Waals surface area contributed by atoms with Gasteiger partial charge < -0.3 is 40.0 Å². The van der Waals surface area contributed by atoms with Crippen LogP contribution in [0.15, 0.2) is 85.7 Å². The number of carboxylic acid groups (broad SMARTS) is 2. The van der Waals surface area contributed by atoms with Gasteiger partial charge in [-0.2, -0.15) is 29.5 Å². The van der Waals surface area contributed by atoms with Crippen molar-refractivity contribution in [3.8, 4) is 22.9 Å². The zero-order valence-electron chi connectivity index (χ0n) is 46.1. The number of piperidine rings is 1. The van der Waals surface area contributed by atoms with Crippen molar-refractivity contribution < 1.29 is 38.8 Å². The molecular weight excluding hydrogens is 1040 g/mol. The Morgan fingerprint density at radius 2 is 1.06 bits per heavy atom. The van der Waals surface area contributed by atoms with Gasteiger partial charge in [-0.15, -0.1) is 10.2 Å². The van der Waals surface area contributed by atoms with E-state index in [1.165, 1.54) is 38.5 Å². The van der Waals surface area contributed by atoms with E-state index in [1.54, 1.807) is 39.1 Å². The van der Waals surface area contributed by atoms with Gasteiger partial charge >= 0.3 is 18.0 Å². The molecule has 0 bridgehead atoms. The SMILES string of the molecule is CC(C)(C)OC(=O)N1CCC(CCn2cc(Nc3ncc4nnn(-c5ccc(OCCCCC(=O)O)cc5)c4n3)cn2)CC1.O=C(O)CCCCOc1ccc(-n2nnc3cnc(Nc4cnn(CCC5CCCCC5)c4)nc32)cc1. The molecule has 10 rings (SSSR count). The van der Waals surface area contributed by atoms with Gasteiger partial charge in [-0.25, -0.2) is 14.8 Å². The Balaban J connectivity index is 0.000000198. The van der Waals surface area contributed by atoms with Crippen LogP contribution in [0.3, 0.4) is 0 Å². The fourth-order valence-corrected chi connectivity index (χ4v) is 9.62. The number of nitrogens with zero attached hydrogens (tertiary/aromatic N) is 15. The second kappa shape index (κ2) is 27.4. The lowest BCUT2D eigenvalue weighted by Crippen LogP contribution is -2.41. The van der Waals surface area contributed by atoms with Crippen molar-refractivity contribution in [3.05, 3.63) is 85.7 Å². The number of aromatic nitrogens is 14. The van der Waals surface area contributed by atoms with E-state index in [1.807, 2.05) is 91.1 Å². The maximum absolute atomic E-state index is 12.3. The lowest BCUT2D eigenvalue weighted by atomic mass is 9.87. The topological polar surface area (TPSA) is 295 Å². The summed E-state index contributed by atoms with van der Waals surface area (Å²) in [4.78, 5) is 53.4. The highest BCUT2D eigenvalue weighted by Crippen LogP contribution is 2.28. The van der Waals surface area contributed by atoms with Crippen molar-refractivity contribution in [2.24, 2.45) is 11.8 Å². The Morgan fingerprint density at radius 1 is 0.605 bits per heavy atom. The van der Waals surface area contributed by atoms with E-state index >= 15 is 0 Å². The molecule has 25 heteroatoms. The van der Waals surface area contributed by atoms with Crippen LogP contribution < -0.4 is 20.1 Å². The number of rotatable bonds is 24. The molecule has 1 aliphatic carbocycles. The van der Waals surface area contributed by atoms with E-state index in [9.17, 15) is 14.4 Å². The summed E-state index contributed by atoms with van der Waals surface area (Å²) in [6.45, 7) is 9.70. The van der Waals surface area contributed by atoms with Gasteiger partial charge in [0.15, 0.2) is 22.3 Å². The molecule has 0 atom stereocenters. The molecular formula is C56H71N17O8. The van der Waals surface area contributed by atoms with Gasteiger partial charge in [0.25, 0.3) is 0 Å². The van der Waals surface area contributed by atoms with Crippen LogP contribution in [0.5, 0.6) is 11.5 Å². The third-order valence-electron chi connectivity index (χ3n) is 14.0. The number of aryl methyl sites for hydroxylation is 2. The summed E-state index contributed by atoms with van der Waals surface area (Å²) < 4.78 is 24.1. The average molecular weight is 1110 g/mol. The average Bonchev–Trinajstić information content (AvgIpc) is 4.52. The number of anilines is 4. The Hall–Kier alpha value is -8.77. The predicted molar refractivity (Wildman–Crippen MR) is 300 cm³/mol. The first-order valence-corrected chi connectivity index (χ1v) is 27.9. The zero-order valence-corrected chi connectivity index (χ0v) is 46.1. The summed E-state index contributed by atoms with van der Waals surface area (Å²) in [7, 11) is 0. The number of hydrogen-bond acceptors (Lipinski definition) is 18. The van der Waals surface area contributed by atoms with Crippen LogP contribution in [0.1, 0.15) is 117 Å². The number of carboxylic acids is 2. The summed E-state index contributed by atoms with van der Waals surface area (Å²) in [6.07, 6.45) is 24.1. The van der Waals surface area contributed by atoms with Crippen LogP contribution in [0.2, 0.25) is 0 Å². The minimum absolute atomic E-state index is 0.141. The van der Waals surface area contributed by atoms with E-state index in [0.29, 0.717) is 104 Å². The number of ether oxygens (including phenoxy) is 3. The number of amides is 1. The molecule has 0 unspecified atom stereocenters. The molecule has 8 aromatic rings. The first-order valence-electron chi connectivity index (χ1n) is 27.9. The summed E-state index contributed by atoms with van der Waals surface area (Å²) in [6, 6.07) is 14.9. The van der Waals surface area contributed by atoms with Gasteiger partial charge in [-0.05, 0) is 133 Å². The zero-order chi connectivity index (χ0) is 56.6. The highest BCUT2D eigenvalue weighted by Gasteiger charge is 2.27. The van der Waals surface area contributed by atoms with Crippen LogP contribution in [0, 0.1) is 11.8 Å². The summed E-state index contributed by atoms with van der Waals surface area (Å²) >= 11 is 0. The second-order valence-electron chi connectivity index (χ2n) is 21.4. The molecule has 0 radical (unpaired) electrons. The fourth-order valence-electron chi connectivity index (χ4n) is 9.62. The summed E-state index contributed by atoms with van der Waals surface area (Å²) in [5.74, 6) is 2.00. The number of hydrogen-bond donors (Lipinski definition) is 4. The fraction of sp³-hybridized carbons (Fsp3) is 0.482. The molecule has 0 spiro atoms. The highest BCUT2D eigenvalue weighted by atomic mass is 16.6. The predicted octanol–water partition coefficient (Wildman–Crippen LogP) is 9.58. The number of carbonyl (C=O) groups is 3. The first kappa shape index (κ1) is 56.9. The molecule has 1 amide bonds. The minimum Gasteiger partial charge on any atom is -0.494 e. The summed E-state index contributed by atoms with van der Waals surface area (Å²) in [5.41, 5.74) is 4.97. The second-order valence-corrected chi connectivity index (χ2v) is 21.4. The maximum atomic E-state index is 12.3. The number of fused-ring (bicyclic) bond motifs is 2. The quantitative estimate of drug-likeness (QED) is 0.0409. The molecule has 2 fully saturated rings. The molecule has 7 heterocycles. The number of benzene rings is 2. The van der Waals surface area contributed by atoms with E-state index in [-0.39, 0.29) is 18.9 Å². The first-order chi connectivity index (χ1) is 39.3. The van der Waals surface area contributed by atoms with Crippen LogP contribution in [0.25, 0.3) is 33.7 Å². The van der Waals surface area contributed by atoms with E-state index in [2.05, 4.69) is 61.4 Å². The van der Waals surface area contributed by atoms with Gasteiger partial charge in [0, 0.05) is 51.4 Å².